The molecule has 0 aliphatic carbocycles. The van der Waals surface area contributed by atoms with E-state index in [-0.39, 0.29) is 5.56 Å². The Labute approximate surface area is 111 Å². The number of hydrogen-bond acceptors (Lipinski definition) is 3. The third kappa shape index (κ3) is 2.34. The fourth-order valence-electron chi connectivity index (χ4n) is 2.51. The zero-order chi connectivity index (χ0) is 13.2. The lowest BCUT2D eigenvalue weighted by atomic mass is 9.99. The van der Waals surface area contributed by atoms with E-state index in [1.54, 1.807) is 19.4 Å². The minimum Gasteiger partial charge on any atom is -0.497 e. The normalized spacial score (nSPS) is 14.1. The predicted octanol–water partition coefficient (Wildman–Crippen LogP) is 1.95. The second kappa shape index (κ2) is 4.80. The van der Waals surface area contributed by atoms with E-state index in [1.165, 1.54) is 11.1 Å². The number of anilines is 1. The Balaban J connectivity index is 1.91. The second-order valence-electron chi connectivity index (χ2n) is 4.72. The van der Waals surface area contributed by atoms with Crippen LogP contribution in [0.5, 0.6) is 5.75 Å². The van der Waals surface area contributed by atoms with Gasteiger partial charge in [-0.15, -0.1) is 0 Å². The van der Waals surface area contributed by atoms with E-state index >= 15 is 0 Å². The number of fused-ring (bicyclic) bond motifs is 1. The molecule has 1 N–H and O–H groups in total. The molecule has 2 heterocycles. The van der Waals surface area contributed by atoms with Crippen molar-refractivity contribution >= 4 is 5.69 Å². The lowest BCUT2D eigenvalue weighted by molar-refractivity contribution is 0.413. The van der Waals surface area contributed by atoms with Crippen LogP contribution in [0.1, 0.15) is 11.1 Å². The van der Waals surface area contributed by atoms with Crippen molar-refractivity contribution in [3.8, 4) is 5.75 Å². The maximum absolute atomic E-state index is 11.4. The first-order valence-corrected chi connectivity index (χ1v) is 6.36. The highest BCUT2D eigenvalue weighted by atomic mass is 16.5. The SMILES string of the molecule is COc1ccc2c(c1)CN(c1cc[nH]c(=O)c1)CC2. The molecular formula is C15H16N2O2. The van der Waals surface area contributed by atoms with Crippen LogP contribution in [0.3, 0.4) is 0 Å². The molecule has 0 amide bonds. The number of nitrogens with one attached hydrogen (secondary N) is 1. The van der Waals surface area contributed by atoms with Gasteiger partial charge in [0.05, 0.1) is 7.11 Å². The molecule has 0 atom stereocenters. The Morgan fingerprint density at radius 3 is 2.89 bits per heavy atom. The number of ether oxygens (including phenoxy) is 1. The van der Waals surface area contributed by atoms with Crippen molar-refractivity contribution in [3.05, 3.63) is 58.0 Å². The van der Waals surface area contributed by atoms with Crippen LogP contribution in [0.4, 0.5) is 5.69 Å². The van der Waals surface area contributed by atoms with Gasteiger partial charge in [-0.2, -0.15) is 0 Å². The Bertz CT molecular complexity index is 649. The summed E-state index contributed by atoms with van der Waals surface area (Å²) in [6, 6.07) is 9.79. The molecule has 19 heavy (non-hydrogen) atoms. The zero-order valence-electron chi connectivity index (χ0n) is 10.8. The predicted molar refractivity (Wildman–Crippen MR) is 74.8 cm³/mol. The molecule has 0 saturated heterocycles. The number of hydrogen-bond donors (Lipinski definition) is 1. The highest BCUT2D eigenvalue weighted by Gasteiger charge is 2.17. The van der Waals surface area contributed by atoms with Gasteiger partial charge in [-0.1, -0.05) is 6.07 Å². The third-order valence-electron chi connectivity index (χ3n) is 3.55. The molecule has 0 saturated carbocycles. The summed E-state index contributed by atoms with van der Waals surface area (Å²) in [6.07, 6.45) is 2.69. The van der Waals surface area contributed by atoms with Crippen molar-refractivity contribution in [2.75, 3.05) is 18.6 Å². The molecule has 0 spiro atoms. The molecule has 2 aromatic rings. The van der Waals surface area contributed by atoms with E-state index in [9.17, 15) is 4.79 Å². The van der Waals surface area contributed by atoms with Crippen molar-refractivity contribution in [2.24, 2.45) is 0 Å². The van der Waals surface area contributed by atoms with E-state index in [4.69, 9.17) is 4.74 Å². The van der Waals surface area contributed by atoms with Crippen molar-refractivity contribution in [1.82, 2.24) is 4.98 Å². The average molecular weight is 256 g/mol. The number of benzene rings is 1. The molecule has 4 nitrogen and oxygen atoms in total. The van der Waals surface area contributed by atoms with Crippen molar-refractivity contribution in [1.29, 1.82) is 0 Å². The summed E-state index contributed by atoms with van der Waals surface area (Å²) in [4.78, 5) is 16.2. The van der Waals surface area contributed by atoms with Gasteiger partial charge in [0.15, 0.2) is 0 Å². The van der Waals surface area contributed by atoms with Gasteiger partial charge >= 0.3 is 0 Å². The molecule has 0 radical (unpaired) electrons. The van der Waals surface area contributed by atoms with E-state index in [0.717, 1.165) is 30.9 Å². The minimum absolute atomic E-state index is 0.0612. The summed E-state index contributed by atoms with van der Waals surface area (Å²) >= 11 is 0. The largest absolute Gasteiger partial charge is 0.497 e. The third-order valence-corrected chi connectivity index (χ3v) is 3.55. The molecule has 1 aliphatic heterocycles. The van der Waals surface area contributed by atoms with Gasteiger partial charge in [-0.25, -0.2) is 0 Å². The molecule has 1 aliphatic rings. The molecule has 0 fully saturated rings. The highest BCUT2D eigenvalue weighted by Crippen LogP contribution is 2.26. The number of aromatic amines is 1. The van der Waals surface area contributed by atoms with Crippen LogP contribution in [0.2, 0.25) is 0 Å². The molecule has 1 aromatic heterocycles. The highest BCUT2D eigenvalue weighted by molar-refractivity contribution is 5.49. The Morgan fingerprint density at radius 1 is 1.21 bits per heavy atom. The lowest BCUT2D eigenvalue weighted by Gasteiger charge is -2.30. The number of methoxy groups -OCH3 is 1. The van der Waals surface area contributed by atoms with Crippen LogP contribution in [0, 0.1) is 0 Å². The summed E-state index contributed by atoms with van der Waals surface area (Å²) < 4.78 is 5.27. The van der Waals surface area contributed by atoms with Gasteiger partial charge in [0.1, 0.15) is 5.75 Å². The maximum atomic E-state index is 11.4. The standard InChI is InChI=1S/C15H16N2O2/c1-19-14-3-2-11-5-7-17(10-12(11)8-14)13-4-6-16-15(18)9-13/h2-4,6,8-9H,5,7,10H2,1H3,(H,16,18). The summed E-state index contributed by atoms with van der Waals surface area (Å²) in [6.45, 7) is 1.75. The summed E-state index contributed by atoms with van der Waals surface area (Å²) in [5.41, 5.74) is 3.54. The summed E-state index contributed by atoms with van der Waals surface area (Å²) in [5, 5.41) is 0. The van der Waals surface area contributed by atoms with Crippen LogP contribution >= 0.6 is 0 Å². The minimum atomic E-state index is -0.0612. The van der Waals surface area contributed by atoms with Crippen LogP contribution in [0.15, 0.2) is 41.3 Å². The second-order valence-corrected chi connectivity index (χ2v) is 4.72. The van der Waals surface area contributed by atoms with E-state index in [1.807, 2.05) is 12.1 Å². The van der Waals surface area contributed by atoms with Crippen LogP contribution < -0.4 is 15.2 Å². The number of pyridine rings is 1. The summed E-state index contributed by atoms with van der Waals surface area (Å²) in [7, 11) is 1.68. The van der Waals surface area contributed by atoms with Gasteiger partial charge in [-0.3, -0.25) is 4.79 Å². The first-order valence-electron chi connectivity index (χ1n) is 6.36. The topological polar surface area (TPSA) is 45.3 Å². The average Bonchev–Trinajstić information content (AvgIpc) is 2.46. The molecule has 1 aromatic carbocycles. The Kier molecular flexibility index (Phi) is 2.99. The van der Waals surface area contributed by atoms with Gasteiger partial charge in [0, 0.05) is 31.0 Å². The fraction of sp³-hybridized carbons (Fsp3) is 0.267. The molecule has 0 bridgehead atoms. The van der Waals surface area contributed by atoms with E-state index < -0.39 is 0 Å². The van der Waals surface area contributed by atoms with E-state index in [2.05, 4.69) is 22.0 Å². The number of aromatic nitrogens is 1. The lowest BCUT2D eigenvalue weighted by Crippen LogP contribution is -2.31. The number of nitrogens with zero attached hydrogens (tertiary/aromatic N) is 1. The number of H-pyrrole nitrogens is 1. The smallest absolute Gasteiger partial charge is 0.249 e. The van der Waals surface area contributed by atoms with Crippen LogP contribution in [0.25, 0.3) is 0 Å². The molecule has 98 valence electrons. The fourth-order valence-corrected chi connectivity index (χ4v) is 2.51. The Hall–Kier alpha value is -2.23. The van der Waals surface area contributed by atoms with Gasteiger partial charge in [0.25, 0.3) is 0 Å². The zero-order valence-corrected chi connectivity index (χ0v) is 10.8. The molecular weight excluding hydrogens is 240 g/mol. The van der Waals surface area contributed by atoms with Crippen molar-refractivity contribution < 1.29 is 4.74 Å². The van der Waals surface area contributed by atoms with Crippen LogP contribution in [-0.4, -0.2) is 18.6 Å². The van der Waals surface area contributed by atoms with Gasteiger partial charge in [-0.05, 0) is 35.7 Å². The summed E-state index contributed by atoms with van der Waals surface area (Å²) in [5.74, 6) is 0.881. The first-order chi connectivity index (χ1) is 9.26. The van der Waals surface area contributed by atoms with Crippen molar-refractivity contribution in [2.45, 2.75) is 13.0 Å². The number of rotatable bonds is 2. The van der Waals surface area contributed by atoms with Crippen LogP contribution in [-0.2, 0) is 13.0 Å². The molecule has 3 rings (SSSR count). The molecule has 4 heteroatoms. The van der Waals surface area contributed by atoms with Gasteiger partial charge in [0.2, 0.25) is 5.56 Å². The Morgan fingerprint density at radius 2 is 2.11 bits per heavy atom. The van der Waals surface area contributed by atoms with Gasteiger partial charge < -0.3 is 14.6 Å². The monoisotopic (exact) mass is 256 g/mol. The first kappa shape index (κ1) is 11.8. The molecule has 0 unspecified atom stereocenters. The van der Waals surface area contributed by atoms with E-state index in [0.29, 0.717) is 0 Å². The quantitative estimate of drug-likeness (QED) is 0.893. The van der Waals surface area contributed by atoms with Crippen molar-refractivity contribution in [3.63, 3.8) is 0 Å². The maximum Gasteiger partial charge on any atom is 0.249 e.